The summed E-state index contributed by atoms with van der Waals surface area (Å²) in [7, 11) is 0. The predicted octanol–water partition coefficient (Wildman–Crippen LogP) is 4.19. The van der Waals surface area contributed by atoms with Crippen molar-refractivity contribution < 1.29 is 9.59 Å². The largest absolute Gasteiger partial charge is 0.336 e. The van der Waals surface area contributed by atoms with Crippen molar-refractivity contribution >= 4 is 17.6 Å². The highest BCUT2D eigenvalue weighted by molar-refractivity contribution is 5.95. The van der Waals surface area contributed by atoms with Gasteiger partial charge in [-0.1, -0.05) is 24.3 Å². The monoisotopic (exact) mass is 353 g/mol. The number of benzene rings is 2. The lowest BCUT2D eigenvalue weighted by Gasteiger charge is -2.22. The summed E-state index contributed by atoms with van der Waals surface area (Å²) >= 11 is 0. The van der Waals surface area contributed by atoms with E-state index in [-0.39, 0.29) is 18.0 Å². The number of amides is 3. The van der Waals surface area contributed by atoms with E-state index < -0.39 is 0 Å². The number of nitrogens with one attached hydrogen (secondary N) is 2. The summed E-state index contributed by atoms with van der Waals surface area (Å²) in [5.41, 5.74) is 3.58. The van der Waals surface area contributed by atoms with Gasteiger partial charge in [0.15, 0.2) is 0 Å². The van der Waals surface area contributed by atoms with Crippen molar-refractivity contribution in [3.8, 4) is 0 Å². The van der Waals surface area contributed by atoms with Crippen LogP contribution in [0.25, 0.3) is 0 Å². The molecule has 5 heteroatoms. The number of urea groups is 1. The average Bonchev–Trinajstić information content (AvgIpc) is 2.60. The molecule has 0 aromatic heterocycles. The first-order valence-corrected chi connectivity index (χ1v) is 8.92. The van der Waals surface area contributed by atoms with E-state index in [1.54, 1.807) is 24.3 Å². The average molecular weight is 353 g/mol. The van der Waals surface area contributed by atoms with Gasteiger partial charge in [-0.05, 0) is 63.1 Å². The van der Waals surface area contributed by atoms with Crippen LogP contribution in [0.4, 0.5) is 10.5 Å². The van der Waals surface area contributed by atoms with Crippen molar-refractivity contribution in [1.82, 2.24) is 10.2 Å². The Labute approximate surface area is 155 Å². The number of hydrogen-bond donors (Lipinski definition) is 2. The molecule has 0 spiro atoms. The second-order valence-electron chi connectivity index (χ2n) is 6.58. The second-order valence-corrected chi connectivity index (χ2v) is 6.58. The number of carbonyl (C=O) groups is 2. The topological polar surface area (TPSA) is 61.4 Å². The molecule has 0 aliphatic carbocycles. The summed E-state index contributed by atoms with van der Waals surface area (Å²) in [4.78, 5) is 26.3. The highest BCUT2D eigenvalue weighted by atomic mass is 16.2. The van der Waals surface area contributed by atoms with Crippen molar-refractivity contribution in [3.63, 3.8) is 0 Å². The van der Waals surface area contributed by atoms with Crippen LogP contribution in [-0.4, -0.2) is 29.4 Å². The molecule has 2 N–H and O–H groups in total. The molecule has 2 aromatic rings. The SMILES string of the molecule is CCN(Cc1ccccc1C)C(=O)c1ccc(NC(=O)NC(C)C)cc1. The zero-order chi connectivity index (χ0) is 19.1. The van der Waals surface area contributed by atoms with Crippen molar-refractivity contribution in [3.05, 3.63) is 65.2 Å². The molecule has 26 heavy (non-hydrogen) atoms. The molecule has 0 unspecified atom stereocenters. The van der Waals surface area contributed by atoms with Crippen LogP contribution in [0.15, 0.2) is 48.5 Å². The van der Waals surface area contributed by atoms with Crippen LogP contribution >= 0.6 is 0 Å². The summed E-state index contributed by atoms with van der Waals surface area (Å²) in [6.45, 7) is 9.03. The molecule has 0 fully saturated rings. The molecular formula is C21H27N3O2. The minimum Gasteiger partial charge on any atom is -0.336 e. The van der Waals surface area contributed by atoms with E-state index in [1.807, 2.05) is 43.9 Å². The lowest BCUT2D eigenvalue weighted by Crippen LogP contribution is -2.34. The van der Waals surface area contributed by atoms with Crippen LogP contribution in [0.2, 0.25) is 0 Å². The summed E-state index contributed by atoms with van der Waals surface area (Å²) in [5.74, 6) is -0.0195. The fraction of sp³-hybridized carbons (Fsp3) is 0.333. The Hall–Kier alpha value is -2.82. The maximum Gasteiger partial charge on any atom is 0.319 e. The minimum atomic E-state index is -0.256. The van der Waals surface area contributed by atoms with Crippen molar-refractivity contribution in [2.75, 3.05) is 11.9 Å². The molecule has 0 saturated heterocycles. The van der Waals surface area contributed by atoms with E-state index >= 15 is 0 Å². The second kappa shape index (κ2) is 9.04. The lowest BCUT2D eigenvalue weighted by molar-refractivity contribution is 0.0752. The van der Waals surface area contributed by atoms with Gasteiger partial charge in [-0.2, -0.15) is 0 Å². The molecule has 0 aliphatic heterocycles. The molecule has 0 saturated carbocycles. The minimum absolute atomic E-state index is 0.0195. The van der Waals surface area contributed by atoms with Gasteiger partial charge in [0.2, 0.25) is 0 Å². The number of nitrogens with zero attached hydrogens (tertiary/aromatic N) is 1. The van der Waals surface area contributed by atoms with Crippen molar-refractivity contribution in [2.24, 2.45) is 0 Å². The van der Waals surface area contributed by atoms with Crippen LogP contribution in [0.1, 0.15) is 42.3 Å². The molecule has 0 bridgehead atoms. The molecule has 5 nitrogen and oxygen atoms in total. The normalized spacial score (nSPS) is 10.5. The molecule has 2 aromatic carbocycles. The van der Waals surface area contributed by atoms with Crippen LogP contribution < -0.4 is 10.6 Å². The molecule has 138 valence electrons. The number of rotatable bonds is 6. The third kappa shape index (κ3) is 5.34. The smallest absolute Gasteiger partial charge is 0.319 e. The molecule has 3 amide bonds. The van der Waals surface area contributed by atoms with Gasteiger partial charge >= 0.3 is 6.03 Å². The van der Waals surface area contributed by atoms with Gasteiger partial charge in [0.05, 0.1) is 0 Å². The van der Waals surface area contributed by atoms with E-state index in [0.29, 0.717) is 24.3 Å². The van der Waals surface area contributed by atoms with Gasteiger partial charge in [0.1, 0.15) is 0 Å². The summed E-state index contributed by atoms with van der Waals surface area (Å²) in [6.07, 6.45) is 0. The summed E-state index contributed by atoms with van der Waals surface area (Å²) in [6, 6.07) is 14.9. The lowest BCUT2D eigenvalue weighted by atomic mass is 10.1. The fourth-order valence-electron chi connectivity index (χ4n) is 2.63. The van der Waals surface area contributed by atoms with Gasteiger partial charge in [-0.25, -0.2) is 4.79 Å². The number of carbonyl (C=O) groups excluding carboxylic acids is 2. The first-order chi connectivity index (χ1) is 12.4. The van der Waals surface area contributed by atoms with E-state index in [9.17, 15) is 9.59 Å². The Kier molecular flexibility index (Phi) is 6.78. The number of anilines is 1. The van der Waals surface area contributed by atoms with E-state index in [1.165, 1.54) is 5.56 Å². The first kappa shape index (κ1) is 19.5. The third-order valence-electron chi connectivity index (χ3n) is 4.10. The summed E-state index contributed by atoms with van der Waals surface area (Å²) < 4.78 is 0. The Balaban J connectivity index is 2.05. The van der Waals surface area contributed by atoms with Crippen LogP contribution in [0, 0.1) is 6.92 Å². The van der Waals surface area contributed by atoms with E-state index in [0.717, 1.165) is 5.56 Å². The van der Waals surface area contributed by atoms with Gasteiger partial charge in [0, 0.05) is 30.4 Å². The Bertz CT molecular complexity index is 754. The maximum atomic E-state index is 12.8. The Morgan fingerprint density at radius 3 is 2.27 bits per heavy atom. The fourth-order valence-corrected chi connectivity index (χ4v) is 2.63. The highest BCUT2D eigenvalue weighted by Gasteiger charge is 2.15. The first-order valence-electron chi connectivity index (χ1n) is 8.92. The molecule has 0 atom stereocenters. The molecular weight excluding hydrogens is 326 g/mol. The van der Waals surface area contributed by atoms with Crippen LogP contribution in [-0.2, 0) is 6.54 Å². The predicted molar refractivity (Wildman–Crippen MR) is 105 cm³/mol. The number of aryl methyl sites for hydroxylation is 1. The molecule has 0 aliphatic rings. The van der Waals surface area contributed by atoms with Crippen molar-refractivity contribution in [2.45, 2.75) is 40.3 Å². The van der Waals surface area contributed by atoms with Gasteiger partial charge < -0.3 is 15.5 Å². The van der Waals surface area contributed by atoms with Crippen molar-refractivity contribution in [1.29, 1.82) is 0 Å². The third-order valence-corrected chi connectivity index (χ3v) is 4.10. The van der Waals surface area contributed by atoms with Gasteiger partial charge in [-0.3, -0.25) is 4.79 Å². The van der Waals surface area contributed by atoms with Crippen LogP contribution in [0.5, 0.6) is 0 Å². The standard InChI is InChI=1S/C21H27N3O2/c1-5-24(14-18-9-7-6-8-16(18)4)20(25)17-10-12-19(13-11-17)23-21(26)22-15(2)3/h6-13,15H,5,14H2,1-4H3,(H2,22,23,26). The van der Waals surface area contributed by atoms with E-state index in [2.05, 4.69) is 23.6 Å². The zero-order valence-corrected chi connectivity index (χ0v) is 15.9. The Morgan fingerprint density at radius 1 is 1.04 bits per heavy atom. The highest BCUT2D eigenvalue weighted by Crippen LogP contribution is 2.15. The quantitative estimate of drug-likeness (QED) is 0.818. The zero-order valence-electron chi connectivity index (χ0n) is 15.9. The number of hydrogen-bond acceptors (Lipinski definition) is 2. The van der Waals surface area contributed by atoms with Gasteiger partial charge in [0.25, 0.3) is 5.91 Å². The van der Waals surface area contributed by atoms with Crippen LogP contribution in [0.3, 0.4) is 0 Å². The van der Waals surface area contributed by atoms with E-state index in [4.69, 9.17) is 0 Å². The summed E-state index contributed by atoms with van der Waals surface area (Å²) in [5, 5.41) is 5.52. The maximum absolute atomic E-state index is 12.8. The Morgan fingerprint density at radius 2 is 1.69 bits per heavy atom. The van der Waals surface area contributed by atoms with Gasteiger partial charge in [-0.15, -0.1) is 0 Å². The molecule has 0 heterocycles. The molecule has 0 radical (unpaired) electrons. The molecule has 2 rings (SSSR count).